The average Bonchev–Trinajstić information content (AvgIpc) is 2.61. The van der Waals surface area contributed by atoms with Gasteiger partial charge in [-0.1, -0.05) is 23.2 Å². The summed E-state index contributed by atoms with van der Waals surface area (Å²) in [5.41, 5.74) is 1.63. The summed E-state index contributed by atoms with van der Waals surface area (Å²) < 4.78 is 0. The Bertz CT molecular complexity index is 701. The number of halogens is 2. The second-order valence-corrected chi connectivity index (χ2v) is 6.82. The third-order valence-electron chi connectivity index (χ3n) is 4.35. The Balaban J connectivity index is 1.49. The Morgan fingerprint density at radius 1 is 1.25 bits per heavy atom. The summed E-state index contributed by atoms with van der Waals surface area (Å²) in [6.07, 6.45) is 5.77. The number of hydrogen-bond acceptors (Lipinski definition) is 3. The molecule has 1 aromatic carbocycles. The third kappa shape index (κ3) is 4.19. The van der Waals surface area contributed by atoms with Gasteiger partial charge in [0.1, 0.15) is 0 Å². The Morgan fingerprint density at radius 3 is 2.71 bits per heavy atom. The Hall–Kier alpha value is -1.78. The standard InChI is InChI=1S/C18H19Cl2N3O/c19-14-3-4-16(17(20)10-14)18(24)22-11-13-5-8-23(9-6-13)15-2-1-7-21-12-15/h1-4,7,10,12-13H,5-6,8-9,11H2,(H,22,24). The fraction of sp³-hybridized carbons (Fsp3) is 0.333. The molecule has 1 aliphatic heterocycles. The van der Waals surface area contributed by atoms with Crippen molar-refractivity contribution >= 4 is 34.8 Å². The predicted octanol–water partition coefficient (Wildman–Crippen LogP) is 4.03. The molecule has 2 aromatic rings. The zero-order valence-corrected chi connectivity index (χ0v) is 14.7. The number of carbonyl (C=O) groups is 1. The molecule has 4 nitrogen and oxygen atoms in total. The van der Waals surface area contributed by atoms with Crippen LogP contribution < -0.4 is 10.2 Å². The number of carbonyl (C=O) groups excluding carboxylic acids is 1. The lowest BCUT2D eigenvalue weighted by Gasteiger charge is -2.33. The summed E-state index contributed by atoms with van der Waals surface area (Å²) in [4.78, 5) is 18.7. The average molecular weight is 364 g/mol. The summed E-state index contributed by atoms with van der Waals surface area (Å²) in [6, 6.07) is 8.96. The molecule has 1 aromatic heterocycles. The van der Waals surface area contributed by atoms with E-state index >= 15 is 0 Å². The van der Waals surface area contributed by atoms with E-state index in [4.69, 9.17) is 23.2 Å². The van der Waals surface area contributed by atoms with Crippen LogP contribution in [0.3, 0.4) is 0 Å². The van der Waals surface area contributed by atoms with Crippen LogP contribution in [0.4, 0.5) is 5.69 Å². The van der Waals surface area contributed by atoms with E-state index < -0.39 is 0 Å². The highest BCUT2D eigenvalue weighted by Crippen LogP contribution is 2.23. The maximum atomic E-state index is 12.2. The maximum absolute atomic E-state index is 12.2. The quantitative estimate of drug-likeness (QED) is 0.891. The van der Waals surface area contributed by atoms with Crippen LogP contribution in [0.2, 0.25) is 10.0 Å². The molecule has 0 atom stereocenters. The van der Waals surface area contributed by atoms with Crippen molar-refractivity contribution in [1.82, 2.24) is 10.3 Å². The molecule has 0 unspecified atom stereocenters. The van der Waals surface area contributed by atoms with Crippen LogP contribution in [0.5, 0.6) is 0 Å². The molecule has 1 fully saturated rings. The first-order valence-electron chi connectivity index (χ1n) is 8.01. The summed E-state index contributed by atoms with van der Waals surface area (Å²) in [5, 5.41) is 3.89. The van der Waals surface area contributed by atoms with Gasteiger partial charge in [-0.15, -0.1) is 0 Å². The molecule has 0 saturated carbocycles. The van der Waals surface area contributed by atoms with Crippen LogP contribution in [0.1, 0.15) is 23.2 Å². The van der Waals surface area contributed by atoms with Gasteiger partial charge >= 0.3 is 0 Å². The number of anilines is 1. The van der Waals surface area contributed by atoms with Crippen molar-refractivity contribution in [3.63, 3.8) is 0 Å². The highest BCUT2D eigenvalue weighted by molar-refractivity contribution is 6.36. The minimum absolute atomic E-state index is 0.147. The zero-order chi connectivity index (χ0) is 16.9. The van der Waals surface area contributed by atoms with Crippen molar-refractivity contribution in [1.29, 1.82) is 0 Å². The minimum Gasteiger partial charge on any atom is -0.370 e. The first kappa shape index (κ1) is 17.1. The number of aromatic nitrogens is 1. The van der Waals surface area contributed by atoms with E-state index in [0.29, 0.717) is 28.1 Å². The molecule has 0 spiro atoms. The molecular formula is C18H19Cl2N3O. The summed E-state index contributed by atoms with van der Waals surface area (Å²) in [5.74, 6) is 0.333. The smallest absolute Gasteiger partial charge is 0.252 e. The minimum atomic E-state index is -0.147. The van der Waals surface area contributed by atoms with Gasteiger partial charge in [-0.05, 0) is 49.1 Å². The number of rotatable bonds is 4. The number of amides is 1. The third-order valence-corrected chi connectivity index (χ3v) is 4.90. The second kappa shape index (κ2) is 7.86. The topological polar surface area (TPSA) is 45.2 Å². The van der Waals surface area contributed by atoms with Crippen molar-refractivity contribution in [2.45, 2.75) is 12.8 Å². The maximum Gasteiger partial charge on any atom is 0.252 e. The first-order valence-corrected chi connectivity index (χ1v) is 8.77. The van der Waals surface area contributed by atoms with E-state index in [2.05, 4.69) is 21.3 Å². The molecule has 0 aliphatic carbocycles. The number of benzene rings is 1. The van der Waals surface area contributed by atoms with Gasteiger partial charge in [0, 0.05) is 30.9 Å². The molecule has 2 heterocycles. The van der Waals surface area contributed by atoms with Crippen molar-refractivity contribution in [3.05, 3.63) is 58.3 Å². The number of nitrogens with zero attached hydrogens (tertiary/aromatic N) is 2. The van der Waals surface area contributed by atoms with E-state index in [1.807, 2.05) is 12.3 Å². The number of hydrogen-bond donors (Lipinski definition) is 1. The van der Waals surface area contributed by atoms with Crippen LogP contribution in [0.15, 0.2) is 42.7 Å². The van der Waals surface area contributed by atoms with Gasteiger partial charge in [0.05, 0.1) is 22.5 Å². The lowest BCUT2D eigenvalue weighted by molar-refractivity contribution is 0.0945. The fourth-order valence-electron chi connectivity index (χ4n) is 2.94. The van der Waals surface area contributed by atoms with Gasteiger partial charge in [-0.3, -0.25) is 9.78 Å². The van der Waals surface area contributed by atoms with Crippen molar-refractivity contribution in [2.24, 2.45) is 5.92 Å². The van der Waals surface area contributed by atoms with Crippen molar-refractivity contribution in [3.8, 4) is 0 Å². The van der Waals surface area contributed by atoms with Gasteiger partial charge in [0.15, 0.2) is 0 Å². The lowest BCUT2D eigenvalue weighted by Crippen LogP contribution is -2.38. The molecule has 0 bridgehead atoms. The number of pyridine rings is 1. The summed E-state index contributed by atoms with van der Waals surface area (Å²) in [6.45, 7) is 2.63. The number of piperidine rings is 1. The van der Waals surface area contributed by atoms with E-state index in [1.54, 1.807) is 24.4 Å². The first-order chi connectivity index (χ1) is 11.6. The molecule has 126 valence electrons. The zero-order valence-electron chi connectivity index (χ0n) is 13.2. The molecule has 3 rings (SSSR count). The van der Waals surface area contributed by atoms with Crippen molar-refractivity contribution in [2.75, 3.05) is 24.5 Å². The van der Waals surface area contributed by atoms with E-state index in [1.165, 1.54) is 0 Å². The molecule has 1 saturated heterocycles. The molecule has 1 N–H and O–H groups in total. The van der Waals surface area contributed by atoms with Crippen LogP contribution in [-0.4, -0.2) is 30.5 Å². The fourth-order valence-corrected chi connectivity index (χ4v) is 3.44. The van der Waals surface area contributed by atoms with Crippen LogP contribution in [0, 0.1) is 5.92 Å². The normalized spacial score (nSPS) is 15.3. The molecule has 1 amide bonds. The summed E-state index contributed by atoms with van der Waals surface area (Å²) >= 11 is 11.9. The molecule has 24 heavy (non-hydrogen) atoms. The molecule has 6 heteroatoms. The van der Waals surface area contributed by atoms with Crippen LogP contribution in [-0.2, 0) is 0 Å². The van der Waals surface area contributed by atoms with Gasteiger partial charge in [0.25, 0.3) is 5.91 Å². The molecule has 0 radical (unpaired) electrons. The van der Waals surface area contributed by atoms with E-state index in [0.717, 1.165) is 31.6 Å². The van der Waals surface area contributed by atoms with E-state index in [-0.39, 0.29) is 5.91 Å². The Labute approximate surface area is 151 Å². The SMILES string of the molecule is O=C(NCC1CCN(c2cccnc2)CC1)c1ccc(Cl)cc1Cl. The van der Waals surface area contributed by atoms with E-state index in [9.17, 15) is 4.79 Å². The van der Waals surface area contributed by atoms with Gasteiger partial charge in [0.2, 0.25) is 0 Å². The highest BCUT2D eigenvalue weighted by atomic mass is 35.5. The largest absolute Gasteiger partial charge is 0.370 e. The van der Waals surface area contributed by atoms with Crippen LogP contribution in [0.25, 0.3) is 0 Å². The van der Waals surface area contributed by atoms with Gasteiger partial charge in [-0.2, -0.15) is 0 Å². The Morgan fingerprint density at radius 2 is 2.04 bits per heavy atom. The number of nitrogens with one attached hydrogen (secondary N) is 1. The Kier molecular flexibility index (Phi) is 5.59. The lowest BCUT2D eigenvalue weighted by atomic mass is 9.96. The predicted molar refractivity (Wildman–Crippen MR) is 98.0 cm³/mol. The van der Waals surface area contributed by atoms with Crippen LogP contribution >= 0.6 is 23.2 Å². The highest BCUT2D eigenvalue weighted by Gasteiger charge is 2.20. The van der Waals surface area contributed by atoms with Crippen molar-refractivity contribution < 1.29 is 4.79 Å². The molecule has 1 aliphatic rings. The van der Waals surface area contributed by atoms with Gasteiger partial charge in [-0.25, -0.2) is 0 Å². The van der Waals surface area contributed by atoms with Gasteiger partial charge < -0.3 is 10.2 Å². The second-order valence-electron chi connectivity index (χ2n) is 5.98. The molecular weight excluding hydrogens is 345 g/mol. The summed E-state index contributed by atoms with van der Waals surface area (Å²) in [7, 11) is 0. The monoisotopic (exact) mass is 363 g/mol.